The minimum atomic E-state index is 0.0277. The second-order valence-corrected chi connectivity index (χ2v) is 5.58. The fourth-order valence-corrected chi connectivity index (χ4v) is 3.01. The number of amides is 1. The fourth-order valence-electron chi connectivity index (χ4n) is 2.66. The number of hydrogen-bond donors (Lipinski definition) is 1. The summed E-state index contributed by atoms with van der Waals surface area (Å²) in [7, 11) is 0. The Morgan fingerprint density at radius 1 is 1.47 bits per heavy atom. The number of anilines is 1. The van der Waals surface area contributed by atoms with Gasteiger partial charge in [0, 0.05) is 16.7 Å². The van der Waals surface area contributed by atoms with E-state index in [-0.39, 0.29) is 11.9 Å². The molecule has 2 heterocycles. The highest BCUT2D eigenvalue weighted by Gasteiger charge is 2.31. The number of carbonyl (C=O) groups is 1. The van der Waals surface area contributed by atoms with Crippen LogP contribution in [0.3, 0.4) is 0 Å². The van der Waals surface area contributed by atoms with Crippen LogP contribution in [0.2, 0.25) is 0 Å². The molecule has 3 nitrogen and oxygen atoms in total. The molecule has 1 N–H and O–H groups in total. The zero-order valence-electron chi connectivity index (χ0n) is 9.58. The number of hydrogen-bond acceptors (Lipinski definition) is 2. The summed E-state index contributed by atoms with van der Waals surface area (Å²) in [5.41, 5.74) is 2.36. The van der Waals surface area contributed by atoms with Crippen LogP contribution >= 0.6 is 15.9 Å². The van der Waals surface area contributed by atoms with E-state index in [0.29, 0.717) is 0 Å². The van der Waals surface area contributed by atoms with Gasteiger partial charge in [0.1, 0.15) is 0 Å². The molecule has 0 aliphatic carbocycles. The summed E-state index contributed by atoms with van der Waals surface area (Å²) in [5, 5.41) is 3.28. The number of nitrogens with one attached hydrogen (secondary N) is 1. The van der Waals surface area contributed by atoms with Crippen molar-refractivity contribution in [2.75, 3.05) is 18.0 Å². The highest BCUT2D eigenvalue weighted by molar-refractivity contribution is 9.10. The first kappa shape index (κ1) is 11.2. The second-order valence-electron chi connectivity index (χ2n) is 4.66. The monoisotopic (exact) mass is 294 g/mol. The molecule has 2 aliphatic heterocycles. The molecule has 1 atom stereocenters. The Bertz CT molecular complexity index is 455. The summed E-state index contributed by atoms with van der Waals surface area (Å²) in [6, 6.07) is 6.23. The number of rotatable bonds is 1. The standard InChI is InChI=1S/C13H15BrN2O/c14-10-4-3-9-5-7-16(12(9)8-10)13(17)11-2-1-6-15-11/h3-4,8,11,15H,1-2,5-7H2. The van der Waals surface area contributed by atoms with Crippen LogP contribution in [0.5, 0.6) is 0 Å². The van der Waals surface area contributed by atoms with Crippen LogP contribution in [0.15, 0.2) is 22.7 Å². The first-order chi connectivity index (χ1) is 8.25. The highest BCUT2D eigenvalue weighted by Crippen LogP contribution is 2.31. The van der Waals surface area contributed by atoms with Crippen LogP contribution in [0.4, 0.5) is 5.69 Å². The smallest absolute Gasteiger partial charge is 0.244 e. The average molecular weight is 295 g/mol. The number of benzene rings is 1. The molecule has 3 rings (SSSR count). The molecule has 1 fully saturated rings. The van der Waals surface area contributed by atoms with Gasteiger partial charge in [0.25, 0.3) is 0 Å². The van der Waals surface area contributed by atoms with E-state index in [1.807, 2.05) is 11.0 Å². The Labute approximate surface area is 109 Å². The molecule has 0 spiro atoms. The molecule has 0 saturated carbocycles. The van der Waals surface area contributed by atoms with Crippen molar-refractivity contribution in [3.05, 3.63) is 28.2 Å². The Hall–Kier alpha value is -0.870. The minimum absolute atomic E-state index is 0.0277. The van der Waals surface area contributed by atoms with Crippen LogP contribution in [-0.4, -0.2) is 25.0 Å². The summed E-state index contributed by atoms with van der Waals surface area (Å²) in [6.07, 6.45) is 3.05. The molecule has 1 amide bonds. The van der Waals surface area contributed by atoms with Crippen LogP contribution < -0.4 is 10.2 Å². The molecule has 0 radical (unpaired) electrons. The van der Waals surface area contributed by atoms with E-state index in [0.717, 1.165) is 42.5 Å². The molecule has 17 heavy (non-hydrogen) atoms. The van der Waals surface area contributed by atoms with Crippen LogP contribution in [-0.2, 0) is 11.2 Å². The lowest BCUT2D eigenvalue weighted by molar-refractivity contribution is -0.120. The maximum Gasteiger partial charge on any atom is 0.244 e. The molecule has 0 aromatic heterocycles. The Morgan fingerprint density at radius 2 is 2.35 bits per heavy atom. The van der Waals surface area contributed by atoms with Crippen molar-refractivity contribution in [3.8, 4) is 0 Å². The average Bonchev–Trinajstić information content (AvgIpc) is 2.97. The molecule has 2 aliphatic rings. The van der Waals surface area contributed by atoms with E-state index in [9.17, 15) is 4.79 Å². The molecule has 4 heteroatoms. The van der Waals surface area contributed by atoms with Gasteiger partial charge < -0.3 is 10.2 Å². The van der Waals surface area contributed by atoms with Gasteiger partial charge in [-0.2, -0.15) is 0 Å². The normalized spacial score (nSPS) is 22.9. The van der Waals surface area contributed by atoms with Crippen molar-refractivity contribution >= 4 is 27.5 Å². The lowest BCUT2D eigenvalue weighted by Crippen LogP contribution is -2.42. The van der Waals surface area contributed by atoms with Gasteiger partial charge in [-0.15, -0.1) is 0 Å². The second kappa shape index (κ2) is 4.42. The van der Waals surface area contributed by atoms with Crippen molar-refractivity contribution in [2.24, 2.45) is 0 Å². The summed E-state index contributed by atoms with van der Waals surface area (Å²) in [5.74, 6) is 0.236. The number of fused-ring (bicyclic) bond motifs is 1. The van der Waals surface area contributed by atoms with E-state index in [1.54, 1.807) is 0 Å². The predicted octanol–water partition coefficient (Wildman–Crippen LogP) is 2.09. The van der Waals surface area contributed by atoms with Crippen molar-refractivity contribution in [3.63, 3.8) is 0 Å². The highest BCUT2D eigenvalue weighted by atomic mass is 79.9. The number of halogens is 1. The fraction of sp³-hybridized carbons (Fsp3) is 0.462. The quantitative estimate of drug-likeness (QED) is 0.860. The molecule has 1 aromatic carbocycles. The van der Waals surface area contributed by atoms with Gasteiger partial charge in [-0.1, -0.05) is 22.0 Å². The molecular formula is C13H15BrN2O. The molecule has 0 bridgehead atoms. The number of nitrogens with zero attached hydrogens (tertiary/aromatic N) is 1. The van der Waals surface area contributed by atoms with E-state index in [2.05, 4.69) is 33.4 Å². The van der Waals surface area contributed by atoms with E-state index < -0.39 is 0 Å². The van der Waals surface area contributed by atoms with Gasteiger partial charge in [0.05, 0.1) is 6.04 Å². The summed E-state index contributed by atoms with van der Waals surface area (Å²) < 4.78 is 1.04. The molecule has 1 unspecified atom stereocenters. The van der Waals surface area contributed by atoms with Gasteiger partial charge in [-0.05, 0) is 43.5 Å². The largest absolute Gasteiger partial charge is 0.310 e. The first-order valence-corrected chi connectivity index (χ1v) is 6.88. The van der Waals surface area contributed by atoms with Crippen LogP contribution in [0, 0.1) is 0 Å². The van der Waals surface area contributed by atoms with E-state index in [4.69, 9.17) is 0 Å². The van der Waals surface area contributed by atoms with Crippen LogP contribution in [0.1, 0.15) is 18.4 Å². The van der Waals surface area contributed by atoms with Crippen molar-refractivity contribution < 1.29 is 4.79 Å². The molecule has 1 saturated heterocycles. The summed E-state index contributed by atoms with van der Waals surface area (Å²) in [6.45, 7) is 1.79. The summed E-state index contributed by atoms with van der Waals surface area (Å²) >= 11 is 3.47. The topological polar surface area (TPSA) is 32.3 Å². The zero-order valence-corrected chi connectivity index (χ0v) is 11.2. The Kier molecular flexibility index (Phi) is 2.92. The minimum Gasteiger partial charge on any atom is -0.310 e. The first-order valence-electron chi connectivity index (χ1n) is 6.09. The van der Waals surface area contributed by atoms with Crippen LogP contribution in [0.25, 0.3) is 0 Å². The van der Waals surface area contributed by atoms with Crippen molar-refractivity contribution in [1.29, 1.82) is 0 Å². The van der Waals surface area contributed by atoms with Gasteiger partial charge in [0.15, 0.2) is 0 Å². The molecular weight excluding hydrogens is 280 g/mol. The van der Waals surface area contributed by atoms with Crippen molar-refractivity contribution in [1.82, 2.24) is 5.32 Å². The number of carbonyl (C=O) groups excluding carboxylic acids is 1. The summed E-state index contributed by atoms with van der Waals surface area (Å²) in [4.78, 5) is 14.3. The van der Waals surface area contributed by atoms with Gasteiger partial charge in [-0.25, -0.2) is 0 Å². The lowest BCUT2D eigenvalue weighted by atomic mass is 10.1. The van der Waals surface area contributed by atoms with Gasteiger partial charge in [0.2, 0.25) is 5.91 Å². The SMILES string of the molecule is O=C(C1CCCN1)N1CCc2ccc(Br)cc21. The third-order valence-electron chi connectivity index (χ3n) is 3.57. The van der Waals surface area contributed by atoms with Gasteiger partial charge in [-0.3, -0.25) is 4.79 Å². The maximum atomic E-state index is 12.4. The van der Waals surface area contributed by atoms with E-state index >= 15 is 0 Å². The predicted molar refractivity (Wildman–Crippen MR) is 71.2 cm³/mol. The van der Waals surface area contributed by atoms with E-state index in [1.165, 1.54) is 5.56 Å². The van der Waals surface area contributed by atoms with Gasteiger partial charge >= 0.3 is 0 Å². The maximum absolute atomic E-state index is 12.4. The third-order valence-corrected chi connectivity index (χ3v) is 4.06. The molecule has 1 aromatic rings. The zero-order chi connectivity index (χ0) is 11.8. The Morgan fingerprint density at radius 3 is 3.12 bits per heavy atom. The van der Waals surface area contributed by atoms with Crippen molar-refractivity contribution in [2.45, 2.75) is 25.3 Å². The lowest BCUT2D eigenvalue weighted by Gasteiger charge is -2.21. The third kappa shape index (κ3) is 2.00. The Balaban J connectivity index is 1.87. The molecule has 90 valence electrons.